The van der Waals surface area contributed by atoms with Crippen molar-refractivity contribution in [1.29, 1.82) is 5.26 Å². The van der Waals surface area contributed by atoms with Gasteiger partial charge in [-0.2, -0.15) is 5.26 Å². The Morgan fingerprint density at radius 1 is 1.32 bits per heavy atom. The standard InChI is InChI=1S/C18H15NO3/c1-3-10-21-18(20)15(12-19)11-16-8-9-17(22-16)14-6-4-13(2)5-7-14/h3-9,11H,1,10H2,2H3/b15-11+. The number of carbonyl (C=O) groups is 1. The fourth-order valence-corrected chi connectivity index (χ4v) is 1.79. The number of furan rings is 1. The molecule has 110 valence electrons. The molecule has 0 aliphatic rings. The number of esters is 1. The number of benzene rings is 1. The van der Waals surface area contributed by atoms with E-state index in [0.717, 1.165) is 11.1 Å². The first kappa shape index (κ1) is 15.3. The molecule has 0 N–H and O–H groups in total. The first-order chi connectivity index (χ1) is 10.6. The number of carbonyl (C=O) groups excluding carboxylic acids is 1. The van der Waals surface area contributed by atoms with Crippen LogP contribution in [0.1, 0.15) is 11.3 Å². The van der Waals surface area contributed by atoms with Gasteiger partial charge in [0.2, 0.25) is 0 Å². The largest absolute Gasteiger partial charge is 0.457 e. The van der Waals surface area contributed by atoms with Crippen molar-refractivity contribution in [2.45, 2.75) is 6.92 Å². The molecule has 0 unspecified atom stereocenters. The summed E-state index contributed by atoms with van der Waals surface area (Å²) >= 11 is 0. The maximum absolute atomic E-state index is 11.6. The average Bonchev–Trinajstić information content (AvgIpc) is 2.99. The molecule has 0 saturated heterocycles. The van der Waals surface area contributed by atoms with Gasteiger partial charge in [0.15, 0.2) is 0 Å². The Bertz CT molecular complexity index is 745. The van der Waals surface area contributed by atoms with Gasteiger partial charge in [-0.15, -0.1) is 0 Å². The molecular formula is C18H15NO3. The van der Waals surface area contributed by atoms with Crippen LogP contribution in [0.3, 0.4) is 0 Å². The van der Waals surface area contributed by atoms with Crippen molar-refractivity contribution in [1.82, 2.24) is 0 Å². The molecule has 0 atom stereocenters. The van der Waals surface area contributed by atoms with Gasteiger partial charge in [0, 0.05) is 11.6 Å². The Morgan fingerprint density at radius 3 is 2.68 bits per heavy atom. The lowest BCUT2D eigenvalue weighted by molar-refractivity contribution is -0.137. The second-order valence-electron chi connectivity index (χ2n) is 4.62. The van der Waals surface area contributed by atoms with Gasteiger partial charge in [0.1, 0.15) is 29.8 Å². The molecule has 0 aliphatic heterocycles. The zero-order valence-electron chi connectivity index (χ0n) is 12.2. The number of nitrogens with zero attached hydrogens (tertiary/aromatic N) is 1. The van der Waals surface area contributed by atoms with E-state index in [1.807, 2.05) is 37.3 Å². The molecular weight excluding hydrogens is 278 g/mol. The lowest BCUT2D eigenvalue weighted by atomic mass is 10.1. The highest BCUT2D eigenvalue weighted by Crippen LogP contribution is 2.23. The lowest BCUT2D eigenvalue weighted by Gasteiger charge is -1.99. The predicted octanol–water partition coefficient (Wildman–Crippen LogP) is 3.89. The molecule has 22 heavy (non-hydrogen) atoms. The lowest BCUT2D eigenvalue weighted by Crippen LogP contribution is -2.06. The van der Waals surface area contributed by atoms with Gasteiger partial charge in [-0.1, -0.05) is 42.5 Å². The molecule has 0 amide bonds. The highest BCUT2D eigenvalue weighted by molar-refractivity contribution is 5.97. The summed E-state index contributed by atoms with van der Waals surface area (Å²) in [6.45, 7) is 5.51. The summed E-state index contributed by atoms with van der Waals surface area (Å²) in [4.78, 5) is 11.6. The molecule has 0 saturated carbocycles. The fraction of sp³-hybridized carbons (Fsp3) is 0.111. The van der Waals surface area contributed by atoms with Crippen molar-refractivity contribution in [3.63, 3.8) is 0 Å². The third-order valence-corrected chi connectivity index (χ3v) is 2.92. The molecule has 4 nitrogen and oxygen atoms in total. The van der Waals surface area contributed by atoms with Crippen molar-refractivity contribution < 1.29 is 13.9 Å². The number of hydrogen-bond donors (Lipinski definition) is 0. The number of nitriles is 1. The molecule has 1 aromatic heterocycles. The van der Waals surface area contributed by atoms with Crippen molar-refractivity contribution in [2.24, 2.45) is 0 Å². The molecule has 0 fully saturated rings. The van der Waals surface area contributed by atoms with Crippen LogP contribution < -0.4 is 0 Å². The van der Waals surface area contributed by atoms with Gasteiger partial charge in [0.05, 0.1) is 0 Å². The van der Waals surface area contributed by atoms with E-state index in [1.165, 1.54) is 12.2 Å². The van der Waals surface area contributed by atoms with E-state index in [4.69, 9.17) is 14.4 Å². The van der Waals surface area contributed by atoms with Crippen LogP contribution in [0, 0.1) is 18.3 Å². The van der Waals surface area contributed by atoms with Crippen LogP contribution in [0.2, 0.25) is 0 Å². The Balaban J connectivity index is 2.21. The second-order valence-corrected chi connectivity index (χ2v) is 4.62. The predicted molar refractivity (Wildman–Crippen MR) is 83.6 cm³/mol. The van der Waals surface area contributed by atoms with Crippen LogP contribution in [0.4, 0.5) is 0 Å². The van der Waals surface area contributed by atoms with E-state index in [1.54, 1.807) is 12.1 Å². The van der Waals surface area contributed by atoms with Crippen LogP contribution in [0.15, 0.2) is 59.0 Å². The van der Waals surface area contributed by atoms with Crippen LogP contribution in [-0.2, 0) is 9.53 Å². The summed E-state index contributed by atoms with van der Waals surface area (Å²) in [7, 11) is 0. The SMILES string of the molecule is C=CCOC(=O)/C(C#N)=C/c1ccc(-c2ccc(C)cc2)o1. The first-order valence-electron chi connectivity index (χ1n) is 6.70. The van der Waals surface area contributed by atoms with Gasteiger partial charge in [-0.05, 0) is 19.1 Å². The van der Waals surface area contributed by atoms with Crippen molar-refractivity contribution in [2.75, 3.05) is 6.61 Å². The van der Waals surface area contributed by atoms with Gasteiger partial charge in [-0.25, -0.2) is 4.79 Å². The number of ether oxygens (including phenoxy) is 1. The number of rotatable bonds is 5. The van der Waals surface area contributed by atoms with Crippen molar-refractivity contribution in [3.8, 4) is 17.4 Å². The minimum Gasteiger partial charge on any atom is -0.457 e. The zero-order valence-corrected chi connectivity index (χ0v) is 12.2. The molecule has 4 heteroatoms. The molecule has 1 aromatic carbocycles. The van der Waals surface area contributed by atoms with Gasteiger partial charge in [-0.3, -0.25) is 0 Å². The highest BCUT2D eigenvalue weighted by Gasteiger charge is 2.11. The third kappa shape index (κ3) is 3.74. The van der Waals surface area contributed by atoms with Gasteiger partial charge >= 0.3 is 5.97 Å². The Kier molecular flexibility index (Phi) is 4.94. The van der Waals surface area contributed by atoms with E-state index >= 15 is 0 Å². The Labute approximate surface area is 128 Å². The highest BCUT2D eigenvalue weighted by atomic mass is 16.5. The number of hydrogen-bond acceptors (Lipinski definition) is 4. The van der Waals surface area contributed by atoms with E-state index < -0.39 is 5.97 Å². The molecule has 0 aliphatic carbocycles. The molecule has 0 radical (unpaired) electrons. The smallest absolute Gasteiger partial charge is 0.349 e. The summed E-state index contributed by atoms with van der Waals surface area (Å²) in [6, 6.07) is 13.2. The monoisotopic (exact) mass is 293 g/mol. The topological polar surface area (TPSA) is 63.2 Å². The van der Waals surface area contributed by atoms with Gasteiger partial charge in [0.25, 0.3) is 0 Å². The van der Waals surface area contributed by atoms with Crippen LogP contribution >= 0.6 is 0 Å². The molecule has 0 bridgehead atoms. The zero-order chi connectivity index (χ0) is 15.9. The molecule has 0 spiro atoms. The average molecular weight is 293 g/mol. The molecule has 2 aromatic rings. The maximum Gasteiger partial charge on any atom is 0.349 e. The van der Waals surface area contributed by atoms with E-state index in [9.17, 15) is 4.79 Å². The van der Waals surface area contributed by atoms with Crippen molar-refractivity contribution in [3.05, 3.63) is 65.9 Å². The van der Waals surface area contributed by atoms with Crippen LogP contribution in [0.25, 0.3) is 17.4 Å². The minimum atomic E-state index is -0.698. The summed E-state index contributed by atoms with van der Waals surface area (Å²) in [6.07, 6.45) is 2.80. The maximum atomic E-state index is 11.6. The molecule has 2 rings (SSSR count). The molecule has 1 heterocycles. The summed E-state index contributed by atoms with van der Waals surface area (Å²) in [5.74, 6) is 0.390. The second kappa shape index (κ2) is 7.09. The van der Waals surface area contributed by atoms with E-state index in [2.05, 4.69) is 6.58 Å². The summed E-state index contributed by atoms with van der Waals surface area (Å²) < 4.78 is 10.5. The minimum absolute atomic E-state index is 0.0601. The third-order valence-electron chi connectivity index (χ3n) is 2.92. The summed E-state index contributed by atoms with van der Waals surface area (Å²) in [5.41, 5.74) is 1.97. The summed E-state index contributed by atoms with van der Waals surface area (Å²) in [5, 5.41) is 9.02. The normalized spacial score (nSPS) is 10.8. The van der Waals surface area contributed by atoms with E-state index in [0.29, 0.717) is 11.5 Å². The fourth-order valence-electron chi connectivity index (χ4n) is 1.79. The van der Waals surface area contributed by atoms with Crippen LogP contribution in [-0.4, -0.2) is 12.6 Å². The van der Waals surface area contributed by atoms with Crippen molar-refractivity contribution >= 4 is 12.0 Å². The van der Waals surface area contributed by atoms with E-state index in [-0.39, 0.29) is 12.2 Å². The Hall–Kier alpha value is -3.06. The Morgan fingerprint density at radius 2 is 2.05 bits per heavy atom. The first-order valence-corrected chi connectivity index (χ1v) is 6.70. The van der Waals surface area contributed by atoms with Crippen LogP contribution in [0.5, 0.6) is 0 Å². The van der Waals surface area contributed by atoms with Gasteiger partial charge < -0.3 is 9.15 Å². The number of aryl methyl sites for hydroxylation is 1. The quantitative estimate of drug-likeness (QED) is 0.363.